The number of aldehydes is 1. The van der Waals surface area contributed by atoms with Crippen molar-refractivity contribution in [3.05, 3.63) is 59.4 Å². The summed E-state index contributed by atoms with van der Waals surface area (Å²) in [6, 6.07) is 9.29. The minimum absolute atomic E-state index is 0.0245. The lowest BCUT2D eigenvalue weighted by atomic mass is 9.95. The fourth-order valence-electron chi connectivity index (χ4n) is 2.48. The molecule has 1 aliphatic rings. The number of ether oxygens (including phenoxy) is 1. The van der Waals surface area contributed by atoms with E-state index in [1.54, 1.807) is 0 Å². The van der Waals surface area contributed by atoms with E-state index in [-0.39, 0.29) is 24.2 Å². The van der Waals surface area contributed by atoms with Gasteiger partial charge in [-0.05, 0) is 54.8 Å². The van der Waals surface area contributed by atoms with E-state index in [0.717, 1.165) is 6.07 Å². The van der Waals surface area contributed by atoms with Crippen LogP contribution in [0.3, 0.4) is 0 Å². The van der Waals surface area contributed by atoms with Crippen molar-refractivity contribution in [2.75, 3.05) is 0 Å². The highest BCUT2D eigenvalue weighted by molar-refractivity contribution is 5.74. The number of halogens is 4. The highest BCUT2D eigenvalue weighted by atomic mass is 19.4. The van der Waals surface area contributed by atoms with Gasteiger partial charge >= 0.3 is 6.18 Å². The number of carbonyl (C=O) groups is 1. The smallest absolute Gasteiger partial charge is 0.398 e. The molecule has 120 valence electrons. The van der Waals surface area contributed by atoms with Gasteiger partial charge in [-0.1, -0.05) is 6.07 Å². The van der Waals surface area contributed by atoms with Crippen molar-refractivity contribution >= 4 is 6.29 Å². The number of rotatable bonds is 4. The number of alkyl halides is 3. The molecule has 1 aliphatic carbocycles. The summed E-state index contributed by atoms with van der Waals surface area (Å²) in [5, 5.41) is 0. The first-order valence-corrected chi connectivity index (χ1v) is 6.96. The average Bonchev–Trinajstić information content (AvgIpc) is 3.31. The van der Waals surface area contributed by atoms with Crippen LogP contribution < -0.4 is 4.74 Å². The molecule has 6 heteroatoms. The SMILES string of the molecule is O=Cc1ccc(Oc2ccc(C3(C(F)(F)F)CC3)cc2F)cc1. The zero-order valence-electron chi connectivity index (χ0n) is 11.9. The van der Waals surface area contributed by atoms with Gasteiger partial charge in [0.2, 0.25) is 0 Å². The first kappa shape index (κ1) is 15.5. The van der Waals surface area contributed by atoms with Gasteiger partial charge in [0.25, 0.3) is 0 Å². The van der Waals surface area contributed by atoms with Crippen LogP contribution in [0.1, 0.15) is 28.8 Å². The third-order valence-corrected chi connectivity index (χ3v) is 4.02. The zero-order valence-corrected chi connectivity index (χ0v) is 11.9. The summed E-state index contributed by atoms with van der Waals surface area (Å²) in [7, 11) is 0. The minimum atomic E-state index is -4.38. The van der Waals surface area contributed by atoms with E-state index in [0.29, 0.717) is 17.6 Å². The summed E-state index contributed by atoms with van der Waals surface area (Å²) in [5.41, 5.74) is -1.56. The summed E-state index contributed by atoms with van der Waals surface area (Å²) in [6.07, 6.45) is -3.77. The Hall–Kier alpha value is -2.37. The van der Waals surface area contributed by atoms with Crippen LogP contribution in [-0.4, -0.2) is 12.5 Å². The fourth-order valence-corrected chi connectivity index (χ4v) is 2.48. The molecular formula is C17H12F4O2. The van der Waals surface area contributed by atoms with Crippen LogP contribution in [-0.2, 0) is 5.41 Å². The van der Waals surface area contributed by atoms with Crippen LogP contribution in [0.5, 0.6) is 11.5 Å². The van der Waals surface area contributed by atoms with Crippen molar-refractivity contribution in [1.82, 2.24) is 0 Å². The van der Waals surface area contributed by atoms with Gasteiger partial charge in [0.15, 0.2) is 11.6 Å². The average molecular weight is 324 g/mol. The van der Waals surface area contributed by atoms with Crippen molar-refractivity contribution in [3.63, 3.8) is 0 Å². The van der Waals surface area contributed by atoms with Gasteiger partial charge < -0.3 is 4.74 Å². The molecule has 0 amide bonds. The van der Waals surface area contributed by atoms with E-state index in [1.807, 2.05) is 0 Å². The molecule has 1 saturated carbocycles. The Morgan fingerprint density at radius 1 is 1.04 bits per heavy atom. The van der Waals surface area contributed by atoms with Gasteiger partial charge in [0.1, 0.15) is 12.0 Å². The Labute approximate surface area is 129 Å². The van der Waals surface area contributed by atoms with E-state index in [2.05, 4.69) is 0 Å². The Morgan fingerprint density at radius 3 is 2.17 bits per heavy atom. The molecule has 2 aromatic carbocycles. The molecule has 2 nitrogen and oxygen atoms in total. The molecule has 0 aliphatic heterocycles. The number of hydrogen-bond acceptors (Lipinski definition) is 2. The zero-order chi connectivity index (χ0) is 16.7. The van der Waals surface area contributed by atoms with Gasteiger partial charge in [0, 0.05) is 5.56 Å². The third-order valence-electron chi connectivity index (χ3n) is 4.02. The van der Waals surface area contributed by atoms with Crippen LogP contribution in [0.25, 0.3) is 0 Å². The Bertz CT molecular complexity index is 731. The molecule has 0 saturated heterocycles. The monoisotopic (exact) mass is 324 g/mol. The van der Waals surface area contributed by atoms with E-state index < -0.39 is 17.4 Å². The Balaban J connectivity index is 1.84. The topological polar surface area (TPSA) is 26.3 Å². The van der Waals surface area contributed by atoms with Gasteiger partial charge in [-0.25, -0.2) is 4.39 Å². The van der Waals surface area contributed by atoms with Crippen LogP contribution in [0.15, 0.2) is 42.5 Å². The Morgan fingerprint density at radius 2 is 1.70 bits per heavy atom. The quantitative estimate of drug-likeness (QED) is 0.583. The normalized spacial score (nSPS) is 16.0. The third kappa shape index (κ3) is 2.81. The van der Waals surface area contributed by atoms with E-state index >= 15 is 0 Å². The van der Waals surface area contributed by atoms with Gasteiger partial charge in [-0.15, -0.1) is 0 Å². The molecule has 0 heterocycles. The van der Waals surface area contributed by atoms with E-state index in [9.17, 15) is 22.4 Å². The molecule has 3 rings (SSSR count). The first-order valence-electron chi connectivity index (χ1n) is 6.96. The lowest BCUT2D eigenvalue weighted by Gasteiger charge is -2.20. The summed E-state index contributed by atoms with van der Waals surface area (Å²) in [5.74, 6) is -0.720. The minimum Gasteiger partial charge on any atom is -0.454 e. The van der Waals surface area contributed by atoms with Crippen LogP contribution in [0.4, 0.5) is 17.6 Å². The predicted molar refractivity (Wildman–Crippen MR) is 75.3 cm³/mol. The molecule has 0 unspecified atom stereocenters. The number of carbonyl (C=O) groups excluding carboxylic acids is 1. The molecule has 1 fully saturated rings. The maximum absolute atomic E-state index is 14.1. The highest BCUT2D eigenvalue weighted by Crippen LogP contribution is 2.59. The van der Waals surface area contributed by atoms with Gasteiger partial charge in [-0.2, -0.15) is 13.2 Å². The van der Waals surface area contributed by atoms with Crippen molar-refractivity contribution in [1.29, 1.82) is 0 Å². The molecule has 0 atom stereocenters. The summed E-state index contributed by atoms with van der Waals surface area (Å²) < 4.78 is 58.5. The summed E-state index contributed by atoms with van der Waals surface area (Å²) >= 11 is 0. The summed E-state index contributed by atoms with van der Waals surface area (Å²) in [4.78, 5) is 10.6. The molecule has 0 aromatic heterocycles. The van der Waals surface area contributed by atoms with E-state index in [4.69, 9.17) is 4.74 Å². The lowest BCUT2D eigenvalue weighted by Crippen LogP contribution is -2.28. The maximum atomic E-state index is 14.1. The second-order valence-corrected chi connectivity index (χ2v) is 5.51. The standard InChI is InChI=1S/C17H12F4O2/c18-14-9-12(16(7-8-16)17(19,20)21)3-6-15(14)23-13-4-1-11(10-22)2-5-13/h1-6,9-10H,7-8H2. The van der Waals surface area contributed by atoms with Gasteiger partial charge in [0.05, 0.1) is 5.41 Å². The molecule has 0 spiro atoms. The molecule has 0 radical (unpaired) electrons. The first-order chi connectivity index (χ1) is 10.9. The van der Waals surface area contributed by atoms with Crippen LogP contribution in [0, 0.1) is 5.82 Å². The molecule has 2 aromatic rings. The largest absolute Gasteiger partial charge is 0.454 e. The highest BCUT2D eigenvalue weighted by Gasteiger charge is 2.64. The molecular weight excluding hydrogens is 312 g/mol. The van der Waals surface area contributed by atoms with Crippen molar-refractivity contribution in [3.8, 4) is 11.5 Å². The van der Waals surface area contributed by atoms with Crippen molar-refractivity contribution < 1.29 is 27.1 Å². The molecule has 0 bridgehead atoms. The maximum Gasteiger partial charge on any atom is 0.398 e. The predicted octanol–water partition coefficient (Wildman–Crippen LogP) is 5.02. The fraction of sp³-hybridized carbons (Fsp3) is 0.235. The Kier molecular flexibility index (Phi) is 3.62. The summed E-state index contributed by atoms with van der Waals surface area (Å²) in [6.45, 7) is 0. The second kappa shape index (κ2) is 5.37. The van der Waals surface area contributed by atoms with Crippen molar-refractivity contribution in [2.24, 2.45) is 0 Å². The van der Waals surface area contributed by atoms with Crippen molar-refractivity contribution in [2.45, 2.75) is 24.4 Å². The molecule has 23 heavy (non-hydrogen) atoms. The lowest BCUT2D eigenvalue weighted by molar-refractivity contribution is -0.160. The number of hydrogen-bond donors (Lipinski definition) is 0. The van der Waals surface area contributed by atoms with E-state index in [1.165, 1.54) is 36.4 Å². The van der Waals surface area contributed by atoms with Crippen LogP contribution >= 0.6 is 0 Å². The molecule has 0 N–H and O–H groups in total. The van der Waals surface area contributed by atoms with Crippen LogP contribution in [0.2, 0.25) is 0 Å². The van der Waals surface area contributed by atoms with Gasteiger partial charge in [-0.3, -0.25) is 4.79 Å². The second-order valence-electron chi connectivity index (χ2n) is 5.51. The number of benzene rings is 2.